The number of rotatable bonds is 7. The first-order valence-electron chi connectivity index (χ1n) is 8.77. The van der Waals surface area contributed by atoms with Gasteiger partial charge in [-0.3, -0.25) is 4.79 Å². The van der Waals surface area contributed by atoms with Crippen molar-refractivity contribution in [2.75, 3.05) is 24.9 Å². The molecule has 29 heavy (non-hydrogen) atoms. The number of carbonyl (C=O) groups excluding carboxylic acids is 2. The van der Waals surface area contributed by atoms with Crippen LogP contribution in [0.3, 0.4) is 0 Å². The van der Waals surface area contributed by atoms with E-state index in [2.05, 4.69) is 25.3 Å². The van der Waals surface area contributed by atoms with Crippen molar-refractivity contribution < 1.29 is 19.1 Å². The van der Waals surface area contributed by atoms with Crippen LogP contribution < -0.4 is 15.4 Å². The van der Waals surface area contributed by atoms with E-state index in [9.17, 15) is 9.59 Å². The summed E-state index contributed by atoms with van der Waals surface area (Å²) in [6.07, 6.45) is 2.90. The highest BCUT2D eigenvalue weighted by Crippen LogP contribution is 2.14. The smallest absolute Gasteiger partial charge is 0.337 e. The zero-order chi connectivity index (χ0) is 20.6. The number of methoxy groups -OCH3 is 2. The molecule has 2 aromatic carbocycles. The SMILES string of the molecule is COC(=O)c1ccc(NC(=O)c2cnc(NCc3ccc(OC)cc3)cn2)cc1. The van der Waals surface area contributed by atoms with Gasteiger partial charge in [-0.25, -0.2) is 14.8 Å². The Morgan fingerprint density at radius 3 is 2.24 bits per heavy atom. The Labute approximate surface area is 167 Å². The molecular weight excluding hydrogens is 372 g/mol. The van der Waals surface area contributed by atoms with Crippen LogP contribution in [0.15, 0.2) is 60.9 Å². The first-order chi connectivity index (χ1) is 14.1. The maximum atomic E-state index is 12.3. The molecule has 8 heteroatoms. The molecule has 0 radical (unpaired) electrons. The molecule has 3 rings (SSSR count). The highest BCUT2D eigenvalue weighted by Gasteiger charge is 2.10. The number of ether oxygens (including phenoxy) is 2. The topological polar surface area (TPSA) is 102 Å². The summed E-state index contributed by atoms with van der Waals surface area (Å²) in [5.41, 5.74) is 2.17. The van der Waals surface area contributed by atoms with E-state index in [1.165, 1.54) is 19.5 Å². The number of hydrogen-bond acceptors (Lipinski definition) is 7. The Bertz CT molecular complexity index is 971. The summed E-state index contributed by atoms with van der Waals surface area (Å²) in [6.45, 7) is 0.566. The van der Waals surface area contributed by atoms with E-state index in [0.29, 0.717) is 23.6 Å². The van der Waals surface area contributed by atoms with Gasteiger partial charge >= 0.3 is 5.97 Å². The molecule has 1 amide bonds. The fraction of sp³-hybridized carbons (Fsp3) is 0.143. The van der Waals surface area contributed by atoms with Gasteiger partial charge in [0.1, 0.15) is 17.3 Å². The minimum Gasteiger partial charge on any atom is -0.497 e. The van der Waals surface area contributed by atoms with Gasteiger partial charge in [-0.2, -0.15) is 0 Å². The Balaban J connectivity index is 1.56. The lowest BCUT2D eigenvalue weighted by Gasteiger charge is -2.08. The lowest BCUT2D eigenvalue weighted by Crippen LogP contribution is -2.14. The maximum absolute atomic E-state index is 12.3. The van der Waals surface area contributed by atoms with Crippen LogP contribution in [0.2, 0.25) is 0 Å². The largest absolute Gasteiger partial charge is 0.497 e. The number of amides is 1. The van der Waals surface area contributed by atoms with Gasteiger partial charge in [-0.1, -0.05) is 12.1 Å². The predicted molar refractivity (Wildman–Crippen MR) is 108 cm³/mol. The third-order valence-electron chi connectivity index (χ3n) is 4.08. The molecule has 0 saturated heterocycles. The fourth-order valence-electron chi connectivity index (χ4n) is 2.48. The van der Waals surface area contributed by atoms with Crippen LogP contribution in [0.1, 0.15) is 26.4 Å². The number of anilines is 2. The Morgan fingerprint density at radius 2 is 1.66 bits per heavy atom. The molecule has 1 aromatic heterocycles. The van der Waals surface area contributed by atoms with Crippen LogP contribution in [0.25, 0.3) is 0 Å². The zero-order valence-electron chi connectivity index (χ0n) is 16.0. The van der Waals surface area contributed by atoms with E-state index in [0.717, 1.165) is 11.3 Å². The molecule has 0 saturated carbocycles. The van der Waals surface area contributed by atoms with Crippen LogP contribution in [0.4, 0.5) is 11.5 Å². The Morgan fingerprint density at radius 1 is 0.931 bits per heavy atom. The summed E-state index contributed by atoms with van der Waals surface area (Å²) in [4.78, 5) is 32.1. The van der Waals surface area contributed by atoms with Crippen LogP contribution in [-0.2, 0) is 11.3 Å². The van der Waals surface area contributed by atoms with Gasteiger partial charge in [0.15, 0.2) is 0 Å². The number of hydrogen-bond donors (Lipinski definition) is 2. The molecule has 148 valence electrons. The van der Waals surface area contributed by atoms with Crippen LogP contribution in [-0.4, -0.2) is 36.1 Å². The molecule has 1 heterocycles. The van der Waals surface area contributed by atoms with Crippen LogP contribution in [0.5, 0.6) is 5.75 Å². The van der Waals surface area contributed by atoms with E-state index >= 15 is 0 Å². The van der Waals surface area contributed by atoms with Crippen LogP contribution >= 0.6 is 0 Å². The summed E-state index contributed by atoms with van der Waals surface area (Å²) >= 11 is 0. The second kappa shape index (κ2) is 9.32. The molecule has 2 N–H and O–H groups in total. The van der Waals surface area contributed by atoms with Gasteiger partial charge in [0.2, 0.25) is 0 Å². The molecule has 0 unspecified atom stereocenters. The third-order valence-corrected chi connectivity index (χ3v) is 4.08. The average molecular weight is 392 g/mol. The quantitative estimate of drug-likeness (QED) is 0.596. The predicted octanol–water partition coefficient (Wildman–Crippen LogP) is 3.14. The number of benzene rings is 2. The molecule has 8 nitrogen and oxygen atoms in total. The molecule has 0 aliphatic carbocycles. The van der Waals surface area contributed by atoms with E-state index in [1.54, 1.807) is 31.4 Å². The second-order valence-electron chi connectivity index (χ2n) is 6.01. The van der Waals surface area contributed by atoms with Gasteiger partial charge in [0.25, 0.3) is 5.91 Å². The van der Waals surface area contributed by atoms with E-state index < -0.39 is 11.9 Å². The highest BCUT2D eigenvalue weighted by molar-refractivity contribution is 6.03. The second-order valence-corrected chi connectivity index (χ2v) is 6.01. The molecule has 0 atom stereocenters. The first-order valence-corrected chi connectivity index (χ1v) is 8.77. The van der Waals surface area contributed by atoms with Crippen LogP contribution in [0, 0.1) is 0 Å². The lowest BCUT2D eigenvalue weighted by atomic mass is 10.2. The molecule has 0 spiro atoms. The minimum atomic E-state index is -0.438. The van der Waals surface area contributed by atoms with Gasteiger partial charge in [-0.05, 0) is 42.0 Å². The molecular formula is C21H20N4O4. The van der Waals surface area contributed by atoms with Crippen molar-refractivity contribution in [3.8, 4) is 5.75 Å². The summed E-state index contributed by atoms with van der Waals surface area (Å²) in [7, 11) is 2.93. The Kier molecular flexibility index (Phi) is 6.36. The lowest BCUT2D eigenvalue weighted by molar-refractivity contribution is 0.0600. The zero-order valence-corrected chi connectivity index (χ0v) is 16.0. The normalized spacial score (nSPS) is 10.1. The van der Waals surface area contributed by atoms with E-state index in [4.69, 9.17) is 4.74 Å². The molecule has 0 bridgehead atoms. The van der Waals surface area contributed by atoms with Crippen molar-refractivity contribution in [2.24, 2.45) is 0 Å². The fourth-order valence-corrected chi connectivity index (χ4v) is 2.48. The van der Waals surface area contributed by atoms with Crippen molar-refractivity contribution in [3.63, 3.8) is 0 Å². The summed E-state index contributed by atoms with van der Waals surface area (Å²) in [5.74, 6) is 0.514. The monoisotopic (exact) mass is 392 g/mol. The summed E-state index contributed by atoms with van der Waals surface area (Å²) in [6, 6.07) is 14.0. The summed E-state index contributed by atoms with van der Waals surface area (Å²) in [5, 5.41) is 5.85. The van der Waals surface area contributed by atoms with Gasteiger partial charge in [-0.15, -0.1) is 0 Å². The van der Waals surface area contributed by atoms with E-state index in [1.807, 2.05) is 24.3 Å². The number of nitrogens with zero attached hydrogens (tertiary/aromatic N) is 2. The van der Waals surface area contributed by atoms with Crippen molar-refractivity contribution in [1.82, 2.24) is 9.97 Å². The molecule has 0 aliphatic rings. The van der Waals surface area contributed by atoms with Gasteiger partial charge in [0.05, 0.1) is 32.2 Å². The van der Waals surface area contributed by atoms with Crippen molar-refractivity contribution in [3.05, 3.63) is 77.7 Å². The number of aromatic nitrogens is 2. The third kappa shape index (κ3) is 5.29. The maximum Gasteiger partial charge on any atom is 0.337 e. The van der Waals surface area contributed by atoms with Gasteiger partial charge in [0, 0.05) is 12.2 Å². The number of esters is 1. The van der Waals surface area contributed by atoms with Gasteiger partial charge < -0.3 is 20.1 Å². The standard InChI is InChI=1S/C21H20N4O4/c1-28-17-9-3-14(4-10-17)11-23-19-13-22-18(12-24-19)20(26)25-16-7-5-15(6-8-16)21(27)29-2/h3-10,12-13H,11H2,1-2H3,(H,23,24)(H,25,26). The number of nitrogens with one attached hydrogen (secondary N) is 2. The molecule has 0 fully saturated rings. The minimum absolute atomic E-state index is 0.178. The molecule has 0 aliphatic heterocycles. The summed E-state index contributed by atoms with van der Waals surface area (Å²) < 4.78 is 9.77. The van der Waals surface area contributed by atoms with Crippen molar-refractivity contribution in [2.45, 2.75) is 6.54 Å². The van der Waals surface area contributed by atoms with Crippen molar-refractivity contribution >= 4 is 23.4 Å². The average Bonchev–Trinajstić information content (AvgIpc) is 2.78. The highest BCUT2D eigenvalue weighted by atomic mass is 16.5. The van der Waals surface area contributed by atoms with Crippen molar-refractivity contribution in [1.29, 1.82) is 0 Å². The number of carbonyl (C=O) groups is 2. The first kappa shape index (κ1) is 19.8. The molecule has 3 aromatic rings. The Hall–Kier alpha value is -3.94. The van der Waals surface area contributed by atoms with E-state index in [-0.39, 0.29) is 5.69 Å².